The fourth-order valence-corrected chi connectivity index (χ4v) is 3.47. The molecule has 1 aliphatic heterocycles. The Morgan fingerprint density at radius 2 is 1.96 bits per heavy atom. The summed E-state index contributed by atoms with van der Waals surface area (Å²) >= 11 is 6.22. The van der Waals surface area contributed by atoms with Crippen molar-refractivity contribution in [2.75, 3.05) is 18.1 Å². The van der Waals surface area contributed by atoms with Gasteiger partial charge in [0.05, 0.1) is 29.8 Å². The number of hydrogen-bond donors (Lipinski definition) is 0. The van der Waals surface area contributed by atoms with E-state index >= 15 is 0 Å². The summed E-state index contributed by atoms with van der Waals surface area (Å²) in [7, 11) is 0. The van der Waals surface area contributed by atoms with E-state index in [9.17, 15) is 8.78 Å². The van der Waals surface area contributed by atoms with Gasteiger partial charge in [-0.15, -0.1) is 0 Å². The topological polar surface area (TPSA) is 56.1 Å². The molecule has 1 fully saturated rings. The molecule has 3 heterocycles. The van der Waals surface area contributed by atoms with Crippen molar-refractivity contribution in [3.63, 3.8) is 0 Å². The van der Waals surface area contributed by atoms with Gasteiger partial charge in [-0.05, 0) is 26.0 Å². The van der Waals surface area contributed by atoms with Crippen LogP contribution in [0.3, 0.4) is 0 Å². The number of halogens is 3. The lowest BCUT2D eigenvalue weighted by molar-refractivity contribution is 0.0281. The highest BCUT2D eigenvalue weighted by Crippen LogP contribution is 2.29. The van der Waals surface area contributed by atoms with Gasteiger partial charge in [-0.25, -0.2) is 18.7 Å². The van der Waals surface area contributed by atoms with Crippen LogP contribution >= 0.6 is 11.6 Å². The molecule has 0 amide bonds. The van der Waals surface area contributed by atoms with E-state index in [0.29, 0.717) is 30.0 Å². The van der Waals surface area contributed by atoms with Gasteiger partial charge >= 0.3 is 0 Å². The SMILES string of the molecule is C[C@H]1OCCN(c2cc(Cl)nc(-n3c(C(F)F)nc4ccccc43)n2)[C@H]1C. The van der Waals surface area contributed by atoms with Gasteiger partial charge in [-0.1, -0.05) is 23.7 Å². The van der Waals surface area contributed by atoms with Gasteiger partial charge in [0, 0.05) is 12.6 Å². The van der Waals surface area contributed by atoms with Gasteiger partial charge in [-0.3, -0.25) is 4.57 Å². The van der Waals surface area contributed by atoms with E-state index in [1.54, 1.807) is 30.3 Å². The van der Waals surface area contributed by atoms with Crippen molar-refractivity contribution in [2.45, 2.75) is 32.4 Å². The third-order valence-electron chi connectivity index (χ3n) is 4.83. The van der Waals surface area contributed by atoms with E-state index in [2.05, 4.69) is 15.0 Å². The summed E-state index contributed by atoms with van der Waals surface area (Å²) in [5.41, 5.74) is 0.954. The molecule has 9 heteroatoms. The van der Waals surface area contributed by atoms with Gasteiger partial charge in [0.15, 0.2) is 5.82 Å². The van der Waals surface area contributed by atoms with E-state index in [1.807, 2.05) is 18.7 Å². The van der Waals surface area contributed by atoms with Crippen LogP contribution in [0.15, 0.2) is 30.3 Å². The summed E-state index contributed by atoms with van der Waals surface area (Å²) in [6.07, 6.45) is -2.76. The van der Waals surface area contributed by atoms with Crippen molar-refractivity contribution in [1.82, 2.24) is 19.5 Å². The number of para-hydroxylation sites is 2. The molecule has 0 bridgehead atoms. The number of fused-ring (bicyclic) bond motifs is 1. The molecule has 1 aromatic carbocycles. The zero-order valence-corrected chi connectivity index (χ0v) is 15.6. The molecule has 2 atom stereocenters. The van der Waals surface area contributed by atoms with E-state index in [0.717, 1.165) is 0 Å². The smallest absolute Gasteiger partial charge is 0.296 e. The van der Waals surface area contributed by atoms with Crippen molar-refractivity contribution in [3.05, 3.63) is 41.3 Å². The molecule has 4 rings (SSSR count). The first kappa shape index (κ1) is 18.1. The molecule has 0 spiro atoms. The second kappa shape index (κ2) is 7.01. The van der Waals surface area contributed by atoms with Crippen molar-refractivity contribution >= 4 is 28.5 Å². The van der Waals surface area contributed by atoms with Crippen LogP contribution in [0.1, 0.15) is 26.1 Å². The van der Waals surface area contributed by atoms with Gasteiger partial charge in [-0.2, -0.15) is 4.98 Å². The van der Waals surface area contributed by atoms with Crippen LogP contribution in [0.4, 0.5) is 14.6 Å². The predicted octanol–water partition coefficient (Wildman–Crippen LogP) is 4.02. The number of morpholine rings is 1. The Kier molecular flexibility index (Phi) is 4.69. The molecule has 0 aliphatic carbocycles. The summed E-state index contributed by atoms with van der Waals surface area (Å²) < 4.78 is 34.2. The summed E-state index contributed by atoms with van der Waals surface area (Å²) in [5.74, 6) is 0.242. The second-order valence-electron chi connectivity index (χ2n) is 6.45. The molecule has 3 aromatic rings. The number of hydrogen-bond acceptors (Lipinski definition) is 5. The minimum Gasteiger partial charge on any atom is -0.375 e. The minimum absolute atomic E-state index is 0.0154. The third-order valence-corrected chi connectivity index (χ3v) is 5.02. The monoisotopic (exact) mass is 393 g/mol. The quantitative estimate of drug-likeness (QED) is 0.629. The maximum absolute atomic E-state index is 13.6. The van der Waals surface area contributed by atoms with E-state index in [1.165, 1.54) is 4.57 Å². The van der Waals surface area contributed by atoms with E-state index < -0.39 is 12.2 Å². The highest BCUT2D eigenvalue weighted by atomic mass is 35.5. The van der Waals surface area contributed by atoms with Crippen molar-refractivity contribution in [2.24, 2.45) is 0 Å². The molecule has 0 N–H and O–H groups in total. The van der Waals surface area contributed by atoms with E-state index in [-0.39, 0.29) is 23.2 Å². The Bertz CT molecular complexity index is 980. The normalized spacial score (nSPS) is 20.6. The maximum Gasteiger partial charge on any atom is 0.296 e. The second-order valence-corrected chi connectivity index (χ2v) is 6.84. The van der Waals surface area contributed by atoms with Gasteiger partial charge < -0.3 is 9.64 Å². The summed E-state index contributed by atoms with van der Waals surface area (Å²) in [6.45, 7) is 5.19. The first-order valence-electron chi connectivity index (χ1n) is 8.64. The lowest BCUT2D eigenvalue weighted by Gasteiger charge is -2.38. The third kappa shape index (κ3) is 3.23. The molecule has 0 radical (unpaired) electrons. The minimum atomic E-state index is -2.77. The number of aromatic nitrogens is 4. The number of benzene rings is 1. The Morgan fingerprint density at radius 1 is 1.19 bits per heavy atom. The Morgan fingerprint density at radius 3 is 2.74 bits per heavy atom. The number of nitrogens with zero attached hydrogens (tertiary/aromatic N) is 5. The van der Waals surface area contributed by atoms with Crippen LogP contribution in [-0.4, -0.2) is 44.8 Å². The number of alkyl halides is 2. The summed E-state index contributed by atoms with van der Waals surface area (Å²) in [5, 5.41) is 0.180. The fourth-order valence-electron chi connectivity index (χ4n) is 3.30. The van der Waals surface area contributed by atoms with Gasteiger partial charge in [0.2, 0.25) is 5.95 Å². The molecular formula is C18H18ClF2N5O. The lowest BCUT2D eigenvalue weighted by atomic mass is 10.1. The Balaban J connectivity index is 1.87. The molecule has 0 unspecified atom stereocenters. The van der Waals surface area contributed by atoms with Gasteiger partial charge in [0.25, 0.3) is 6.43 Å². The summed E-state index contributed by atoms with van der Waals surface area (Å²) in [6, 6.07) is 8.59. The molecule has 142 valence electrons. The zero-order valence-electron chi connectivity index (χ0n) is 14.8. The van der Waals surface area contributed by atoms with Crippen LogP contribution < -0.4 is 4.90 Å². The molecule has 2 aromatic heterocycles. The first-order valence-corrected chi connectivity index (χ1v) is 9.02. The Hall–Kier alpha value is -2.32. The summed E-state index contributed by atoms with van der Waals surface area (Å²) in [4.78, 5) is 14.8. The maximum atomic E-state index is 13.6. The van der Waals surface area contributed by atoms with Crippen LogP contribution in [-0.2, 0) is 4.74 Å². The van der Waals surface area contributed by atoms with Crippen molar-refractivity contribution < 1.29 is 13.5 Å². The molecular weight excluding hydrogens is 376 g/mol. The fraction of sp³-hybridized carbons (Fsp3) is 0.389. The number of imidazole rings is 1. The molecule has 27 heavy (non-hydrogen) atoms. The van der Waals surface area contributed by atoms with Gasteiger partial charge in [0.1, 0.15) is 11.0 Å². The number of anilines is 1. The van der Waals surface area contributed by atoms with Crippen molar-refractivity contribution in [1.29, 1.82) is 0 Å². The molecule has 1 aliphatic rings. The van der Waals surface area contributed by atoms with E-state index in [4.69, 9.17) is 16.3 Å². The number of ether oxygens (including phenoxy) is 1. The van der Waals surface area contributed by atoms with Crippen LogP contribution in [0.2, 0.25) is 5.15 Å². The van der Waals surface area contributed by atoms with Crippen LogP contribution in [0.25, 0.3) is 17.0 Å². The van der Waals surface area contributed by atoms with Crippen molar-refractivity contribution in [3.8, 4) is 5.95 Å². The average Bonchev–Trinajstić information content (AvgIpc) is 3.03. The highest BCUT2D eigenvalue weighted by Gasteiger charge is 2.28. The standard InChI is InChI=1S/C18H18ClF2N5O/c1-10-11(2)27-8-7-25(10)15-9-14(19)23-18(24-15)26-13-6-4-3-5-12(13)22-17(26)16(20)21/h3-6,9-11,16H,7-8H2,1-2H3/t10-,11+/m0/s1. The number of rotatable bonds is 3. The largest absolute Gasteiger partial charge is 0.375 e. The van der Waals surface area contributed by atoms with Crippen LogP contribution in [0, 0.1) is 0 Å². The lowest BCUT2D eigenvalue weighted by Crippen LogP contribution is -2.49. The zero-order chi connectivity index (χ0) is 19.1. The molecule has 0 saturated carbocycles. The highest BCUT2D eigenvalue weighted by molar-refractivity contribution is 6.29. The Labute approximate surface area is 159 Å². The first-order chi connectivity index (χ1) is 13.0. The average molecular weight is 394 g/mol. The molecule has 1 saturated heterocycles. The molecule has 6 nitrogen and oxygen atoms in total. The predicted molar refractivity (Wildman–Crippen MR) is 98.8 cm³/mol. The van der Waals surface area contributed by atoms with Crippen LogP contribution in [0.5, 0.6) is 0 Å².